The molecule has 3 heteroatoms. The first-order chi connectivity index (χ1) is 9.36. The Kier molecular flexibility index (Phi) is 3.61. The Labute approximate surface area is 117 Å². The van der Waals surface area contributed by atoms with Crippen LogP contribution in [0.4, 0.5) is 0 Å². The molecule has 1 aliphatic rings. The van der Waals surface area contributed by atoms with E-state index in [0.29, 0.717) is 12.3 Å². The number of aryl methyl sites for hydroxylation is 2. The molecule has 19 heavy (non-hydrogen) atoms. The first kappa shape index (κ1) is 12.4. The lowest BCUT2D eigenvalue weighted by Crippen LogP contribution is -1.91. The van der Waals surface area contributed by atoms with Crippen molar-refractivity contribution in [3.63, 3.8) is 0 Å². The lowest BCUT2D eigenvalue weighted by Gasteiger charge is -1.97. The van der Waals surface area contributed by atoms with E-state index in [2.05, 4.69) is 30.3 Å². The van der Waals surface area contributed by atoms with Gasteiger partial charge in [0.25, 0.3) is 0 Å². The number of nitrogens with zero attached hydrogens (tertiary/aromatic N) is 2. The molecule has 0 radical (unpaired) electrons. The summed E-state index contributed by atoms with van der Waals surface area (Å²) < 4.78 is 0. The molecule has 0 saturated heterocycles. The topological polar surface area (TPSA) is 36.7 Å². The molecule has 1 aromatic carbocycles. The lowest BCUT2D eigenvalue weighted by atomic mass is 10.1. The monoisotopic (exact) mass is 268 g/mol. The van der Waals surface area contributed by atoms with E-state index in [-0.39, 0.29) is 0 Å². The fraction of sp³-hybridized carbons (Fsp3) is 0.375. The normalized spacial score (nSPS) is 14.3. The quantitative estimate of drug-likeness (QED) is 0.825. The molecule has 0 atom stereocenters. The highest BCUT2D eigenvalue weighted by Gasteiger charge is 2.29. The largest absolute Gasteiger partial charge is 0.246 e. The van der Waals surface area contributed by atoms with Gasteiger partial charge in [0, 0.05) is 17.2 Å². The van der Waals surface area contributed by atoms with Gasteiger partial charge in [-0.3, -0.25) is 0 Å². The Morgan fingerprint density at radius 3 is 2.68 bits per heavy atom. The van der Waals surface area contributed by atoms with Crippen molar-refractivity contribution in [2.75, 3.05) is 0 Å². The Morgan fingerprint density at radius 1 is 1.21 bits per heavy atom. The summed E-state index contributed by atoms with van der Waals surface area (Å²) in [7, 11) is 0. The molecule has 0 amide bonds. The van der Waals surface area contributed by atoms with Gasteiger partial charge < -0.3 is 0 Å². The van der Waals surface area contributed by atoms with Gasteiger partial charge in [0.2, 0.25) is 0 Å². The summed E-state index contributed by atoms with van der Waals surface area (Å²) in [6, 6.07) is 12.8. The molecule has 2 aromatic rings. The average molecular weight is 268 g/mol. The average Bonchev–Trinajstić information content (AvgIpc) is 3.21. The van der Waals surface area contributed by atoms with Gasteiger partial charge in [0.05, 0.1) is 23.2 Å². The van der Waals surface area contributed by atoms with Crippen LogP contribution in [-0.4, -0.2) is 4.98 Å². The second-order valence-electron chi connectivity index (χ2n) is 5.01. The minimum absolute atomic E-state index is 0.523. The molecule has 3 rings (SSSR count). The van der Waals surface area contributed by atoms with Gasteiger partial charge in [0.1, 0.15) is 0 Å². The maximum Gasteiger partial charge on any atom is 0.0934 e. The van der Waals surface area contributed by atoms with Crippen molar-refractivity contribution in [1.29, 1.82) is 5.26 Å². The minimum atomic E-state index is 0.523. The van der Waals surface area contributed by atoms with E-state index in [4.69, 9.17) is 10.2 Å². The van der Waals surface area contributed by atoms with Crippen LogP contribution in [0.2, 0.25) is 0 Å². The van der Waals surface area contributed by atoms with Crippen LogP contribution < -0.4 is 0 Å². The van der Waals surface area contributed by atoms with Crippen LogP contribution in [0, 0.1) is 11.3 Å². The van der Waals surface area contributed by atoms with E-state index in [1.807, 2.05) is 6.07 Å². The van der Waals surface area contributed by atoms with Crippen molar-refractivity contribution in [1.82, 2.24) is 4.98 Å². The maximum absolute atomic E-state index is 8.89. The highest BCUT2D eigenvalue weighted by Crippen LogP contribution is 2.42. The Hall–Kier alpha value is -1.66. The summed E-state index contributed by atoms with van der Waals surface area (Å²) in [5, 5.41) is 10.1. The molecule has 0 bridgehead atoms. The smallest absolute Gasteiger partial charge is 0.0934 e. The van der Waals surface area contributed by atoms with Gasteiger partial charge in [-0.15, -0.1) is 11.3 Å². The SMILES string of the molecule is N#CCc1sc(CCc2ccccc2)nc1C1CC1. The highest BCUT2D eigenvalue weighted by atomic mass is 32.1. The Balaban J connectivity index is 1.71. The molecule has 1 fully saturated rings. The van der Waals surface area contributed by atoms with Gasteiger partial charge in [-0.2, -0.15) is 5.26 Å². The number of hydrogen-bond acceptors (Lipinski definition) is 3. The van der Waals surface area contributed by atoms with Gasteiger partial charge in [-0.05, 0) is 24.8 Å². The minimum Gasteiger partial charge on any atom is -0.246 e. The van der Waals surface area contributed by atoms with Gasteiger partial charge >= 0.3 is 0 Å². The highest BCUT2D eigenvalue weighted by molar-refractivity contribution is 7.11. The first-order valence-electron chi connectivity index (χ1n) is 6.76. The standard InChI is InChI=1S/C16H16N2S/c17-11-10-14-16(13-7-8-13)18-15(19-14)9-6-12-4-2-1-3-5-12/h1-5,13H,6-10H2. The predicted molar refractivity (Wildman–Crippen MR) is 77.3 cm³/mol. The van der Waals surface area contributed by atoms with Crippen molar-refractivity contribution >= 4 is 11.3 Å². The number of rotatable bonds is 5. The summed E-state index contributed by atoms with van der Waals surface area (Å²) in [5.74, 6) is 0.644. The zero-order valence-corrected chi connectivity index (χ0v) is 11.6. The molecule has 1 aromatic heterocycles. The summed E-state index contributed by atoms with van der Waals surface area (Å²) in [5.41, 5.74) is 2.57. The van der Waals surface area contributed by atoms with E-state index in [9.17, 15) is 0 Å². The molecular weight excluding hydrogens is 252 g/mol. The maximum atomic E-state index is 8.89. The van der Waals surface area contributed by atoms with Crippen LogP contribution in [0.15, 0.2) is 30.3 Å². The molecule has 2 nitrogen and oxygen atoms in total. The van der Waals surface area contributed by atoms with Crippen LogP contribution in [0.5, 0.6) is 0 Å². The summed E-state index contributed by atoms with van der Waals surface area (Å²) in [6.07, 6.45) is 5.04. The zero-order chi connectivity index (χ0) is 13.1. The third-order valence-electron chi connectivity index (χ3n) is 3.45. The molecule has 1 heterocycles. The van der Waals surface area contributed by atoms with E-state index in [1.54, 1.807) is 11.3 Å². The van der Waals surface area contributed by atoms with E-state index in [1.165, 1.54) is 34.0 Å². The van der Waals surface area contributed by atoms with E-state index >= 15 is 0 Å². The fourth-order valence-electron chi connectivity index (χ4n) is 2.29. The number of benzene rings is 1. The third-order valence-corrected chi connectivity index (χ3v) is 4.58. The zero-order valence-electron chi connectivity index (χ0n) is 10.8. The molecule has 0 N–H and O–H groups in total. The van der Waals surface area contributed by atoms with Gasteiger partial charge in [-0.25, -0.2) is 4.98 Å². The van der Waals surface area contributed by atoms with Crippen LogP contribution in [0.25, 0.3) is 0 Å². The number of nitriles is 1. The number of aromatic nitrogens is 1. The molecule has 0 spiro atoms. The molecule has 0 unspecified atom stereocenters. The summed E-state index contributed by atoms with van der Waals surface area (Å²) in [4.78, 5) is 5.98. The van der Waals surface area contributed by atoms with Crippen LogP contribution in [0.3, 0.4) is 0 Å². The van der Waals surface area contributed by atoms with E-state index in [0.717, 1.165) is 12.8 Å². The Bertz CT molecular complexity index is 591. The third kappa shape index (κ3) is 3.02. The number of thiazole rings is 1. The molecule has 1 aliphatic carbocycles. The van der Waals surface area contributed by atoms with Crippen molar-refractivity contribution in [3.8, 4) is 6.07 Å². The molecule has 96 valence electrons. The molecular formula is C16H16N2S. The van der Waals surface area contributed by atoms with Crippen molar-refractivity contribution in [2.45, 2.75) is 38.0 Å². The molecule has 1 saturated carbocycles. The summed E-state index contributed by atoms with van der Waals surface area (Å²) in [6.45, 7) is 0. The first-order valence-corrected chi connectivity index (χ1v) is 7.58. The predicted octanol–water partition coefficient (Wildman–Crippen LogP) is 3.87. The lowest BCUT2D eigenvalue weighted by molar-refractivity contribution is 0.914. The van der Waals surface area contributed by atoms with E-state index < -0.39 is 0 Å². The van der Waals surface area contributed by atoms with Crippen LogP contribution in [0.1, 0.15) is 39.9 Å². The molecule has 0 aliphatic heterocycles. The van der Waals surface area contributed by atoms with Crippen molar-refractivity contribution < 1.29 is 0 Å². The van der Waals surface area contributed by atoms with Crippen LogP contribution in [-0.2, 0) is 19.3 Å². The van der Waals surface area contributed by atoms with Gasteiger partial charge in [0.15, 0.2) is 0 Å². The number of hydrogen-bond donors (Lipinski definition) is 0. The van der Waals surface area contributed by atoms with Crippen molar-refractivity contribution in [3.05, 3.63) is 51.5 Å². The second kappa shape index (κ2) is 5.54. The summed E-state index contributed by atoms with van der Waals surface area (Å²) >= 11 is 1.74. The van der Waals surface area contributed by atoms with Gasteiger partial charge in [-0.1, -0.05) is 30.3 Å². The second-order valence-corrected chi connectivity index (χ2v) is 6.18. The fourth-order valence-corrected chi connectivity index (χ4v) is 3.38. The Morgan fingerprint density at radius 2 is 2.00 bits per heavy atom. The van der Waals surface area contributed by atoms with Crippen LogP contribution >= 0.6 is 11.3 Å². The van der Waals surface area contributed by atoms with Crippen molar-refractivity contribution in [2.24, 2.45) is 0 Å².